The molecule has 0 radical (unpaired) electrons. The van der Waals surface area contributed by atoms with Crippen molar-refractivity contribution in [2.45, 2.75) is 9.36 Å². The predicted molar refractivity (Wildman–Crippen MR) is 89.5 cm³/mol. The molecular weight excluding hydrogens is 387 g/mol. The Morgan fingerprint density at radius 2 is 1.45 bits per heavy atom. The Morgan fingerprint density at radius 1 is 0.950 bits per heavy atom. The molecule has 20 heavy (non-hydrogen) atoms. The Morgan fingerprint density at radius 3 is 1.95 bits per heavy atom. The number of hydrogen-bond donors (Lipinski definition) is 1. The van der Waals surface area contributed by atoms with Crippen molar-refractivity contribution >= 4 is 32.4 Å². The van der Waals surface area contributed by atoms with Gasteiger partial charge in [0.25, 0.3) is 0 Å². The van der Waals surface area contributed by atoms with Gasteiger partial charge in [0.05, 0.1) is 0 Å². The van der Waals surface area contributed by atoms with Gasteiger partial charge in [-0.15, -0.1) is 0 Å². The summed E-state index contributed by atoms with van der Waals surface area (Å²) in [6, 6.07) is 17.2. The smallest absolute Gasteiger partial charge is 0.162 e. The number of rotatable bonds is 4. The zero-order valence-electron chi connectivity index (χ0n) is 10.9. The fourth-order valence-corrected chi connectivity index (χ4v) is 2.93. The maximum Gasteiger partial charge on any atom is 0.162 e. The van der Waals surface area contributed by atoms with Gasteiger partial charge in [0, 0.05) is 6.26 Å². The van der Waals surface area contributed by atoms with E-state index in [1.165, 1.54) is 0 Å². The normalized spacial score (nSPS) is 14.8. The molecule has 0 heterocycles. The lowest BCUT2D eigenvalue weighted by atomic mass is 10.0. The molecule has 0 saturated heterocycles. The average Bonchev–Trinajstić information content (AvgIpc) is 2.46. The predicted octanol–water partition coefficient (Wildman–Crippen LogP) is 3.19. The molecule has 0 fully saturated rings. The van der Waals surface area contributed by atoms with E-state index in [0.717, 1.165) is 17.4 Å². The molecule has 2 aromatic carbocycles. The quantitative estimate of drug-likeness (QED) is 0.632. The van der Waals surface area contributed by atoms with Gasteiger partial charge in [-0.3, -0.25) is 0 Å². The molecule has 0 spiro atoms. The van der Waals surface area contributed by atoms with Crippen molar-refractivity contribution in [2.75, 3.05) is 6.26 Å². The Bertz CT molecular complexity index is 666. The molecule has 0 aliphatic rings. The number of sulfone groups is 1. The number of aliphatic hydroxyl groups excluding tert-OH is 1. The molecule has 0 aromatic heterocycles. The van der Waals surface area contributed by atoms with Gasteiger partial charge in [0.2, 0.25) is 0 Å². The molecule has 106 valence electrons. The van der Waals surface area contributed by atoms with E-state index < -0.39 is 19.2 Å². The molecule has 2 atom stereocenters. The summed E-state index contributed by atoms with van der Waals surface area (Å²) >= 11 is 1.76. The first kappa shape index (κ1) is 15.5. The summed E-state index contributed by atoms with van der Waals surface area (Å²) in [5.41, 5.74) is 2.73. The highest BCUT2D eigenvalue weighted by atomic mass is 127. The van der Waals surface area contributed by atoms with Crippen molar-refractivity contribution in [1.29, 1.82) is 0 Å². The van der Waals surface area contributed by atoms with Gasteiger partial charge in [-0.25, -0.2) is 8.42 Å². The highest BCUT2D eigenvalue weighted by Gasteiger charge is 2.27. The van der Waals surface area contributed by atoms with Crippen LogP contribution in [0.1, 0.15) is 11.7 Å². The highest BCUT2D eigenvalue weighted by Crippen LogP contribution is 2.28. The van der Waals surface area contributed by atoms with E-state index >= 15 is 0 Å². The zero-order valence-corrected chi connectivity index (χ0v) is 13.9. The fourth-order valence-electron chi connectivity index (χ4n) is 1.89. The van der Waals surface area contributed by atoms with E-state index in [2.05, 4.69) is 0 Å². The summed E-state index contributed by atoms with van der Waals surface area (Å²) in [5.74, 6) is 0. The first-order valence-electron chi connectivity index (χ1n) is 6.06. The van der Waals surface area contributed by atoms with Gasteiger partial charge in [0.1, 0.15) is 9.36 Å². The number of hydrogen-bond acceptors (Lipinski definition) is 3. The largest absolute Gasteiger partial charge is 0.386 e. The van der Waals surface area contributed by atoms with Crippen LogP contribution in [0.4, 0.5) is 0 Å². The van der Waals surface area contributed by atoms with E-state index in [0.29, 0.717) is 5.56 Å². The topological polar surface area (TPSA) is 54.4 Å². The van der Waals surface area contributed by atoms with Crippen LogP contribution in [-0.2, 0) is 9.84 Å². The van der Waals surface area contributed by atoms with E-state index in [-0.39, 0.29) is 0 Å². The first-order chi connectivity index (χ1) is 9.39. The van der Waals surface area contributed by atoms with Crippen LogP contribution < -0.4 is 0 Å². The minimum absolute atomic E-state index is 0.606. The molecule has 3 nitrogen and oxygen atoms in total. The Hall–Kier alpha value is -0.920. The van der Waals surface area contributed by atoms with Gasteiger partial charge >= 0.3 is 0 Å². The van der Waals surface area contributed by atoms with Crippen molar-refractivity contribution in [3.63, 3.8) is 0 Å². The lowest BCUT2D eigenvalue weighted by Gasteiger charge is -2.16. The highest BCUT2D eigenvalue weighted by molar-refractivity contribution is 14.1. The summed E-state index contributed by atoms with van der Waals surface area (Å²) in [5, 5.41) is 10.1. The average molecular weight is 402 g/mol. The van der Waals surface area contributed by atoms with Gasteiger partial charge in [0.15, 0.2) is 9.84 Å². The third-order valence-corrected chi connectivity index (χ3v) is 7.54. The first-order valence-corrected chi connectivity index (χ1v) is 9.26. The van der Waals surface area contributed by atoms with Gasteiger partial charge in [-0.1, -0.05) is 77.2 Å². The summed E-state index contributed by atoms with van der Waals surface area (Å²) in [6.45, 7) is 0. The Kier molecular flexibility index (Phi) is 4.82. The molecule has 5 heteroatoms. The number of aliphatic hydroxyl groups is 1. The van der Waals surface area contributed by atoms with Crippen molar-refractivity contribution < 1.29 is 13.5 Å². The molecule has 0 aliphatic carbocycles. The molecule has 0 aliphatic heterocycles. The van der Waals surface area contributed by atoms with Crippen LogP contribution in [0.15, 0.2) is 54.6 Å². The molecule has 2 aromatic rings. The van der Waals surface area contributed by atoms with E-state index in [4.69, 9.17) is 0 Å². The standard InChI is InChI=1S/C15H15IO3S/c1-20(18,19)15(16)14(17)13-9-7-12(8-10-13)11-5-3-2-4-6-11/h2-10,14-15,17H,1H3/t14-,15-/m0/s1. The third kappa shape index (κ3) is 3.59. The molecule has 0 saturated carbocycles. The molecule has 0 unspecified atom stereocenters. The van der Waals surface area contributed by atoms with Crippen LogP contribution in [0.5, 0.6) is 0 Å². The van der Waals surface area contributed by atoms with Gasteiger partial charge in [-0.2, -0.15) is 0 Å². The summed E-state index contributed by atoms with van der Waals surface area (Å²) in [4.78, 5) is 0. The summed E-state index contributed by atoms with van der Waals surface area (Å²) < 4.78 is 22.1. The number of alkyl halides is 1. The second-order valence-electron chi connectivity index (χ2n) is 4.61. The van der Waals surface area contributed by atoms with Crippen LogP contribution in [0.25, 0.3) is 11.1 Å². The fraction of sp³-hybridized carbons (Fsp3) is 0.200. The number of benzene rings is 2. The van der Waals surface area contributed by atoms with Crippen molar-refractivity contribution in [2.24, 2.45) is 0 Å². The maximum absolute atomic E-state index is 11.5. The van der Waals surface area contributed by atoms with Gasteiger partial charge < -0.3 is 5.11 Å². The molecule has 2 rings (SSSR count). The molecule has 0 bridgehead atoms. The van der Waals surface area contributed by atoms with Crippen molar-refractivity contribution in [3.05, 3.63) is 60.2 Å². The lowest BCUT2D eigenvalue weighted by Crippen LogP contribution is -2.21. The maximum atomic E-state index is 11.5. The van der Waals surface area contributed by atoms with Crippen LogP contribution in [0.2, 0.25) is 0 Å². The van der Waals surface area contributed by atoms with Crippen molar-refractivity contribution in [1.82, 2.24) is 0 Å². The molecular formula is C15H15IO3S. The van der Waals surface area contributed by atoms with E-state index in [1.807, 2.05) is 42.5 Å². The second-order valence-corrected chi connectivity index (χ2v) is 8.97. The van der Waals surface area contributed by atoms with Crippen LogP contribution >= 0.6 is 22.6 Å². The van der Waals surface area contributed by atoms with E-state index in [9.17, 15) is 13.5 Å². The lowest BCUT2D eigenvalue weighted by molar-refractivity contribution is 0.197. The van der Waals surface area contributed by atoms with Crippen LogP contribution in [-0.4, -0.2) is 23.0 Å². The SMILES string of the molecule is CS(=O)(=O)[C@H](I)[C@@H](O)c1ccc(-c2ccccc2)cc1. The van der Waals surface area contributed by atoms with E-state index in [1.54, 1.807) is 34.7 Å². The minimum atomic E-state index is -3.28. The zero-order chi connectivity index (χ0) is 14.8. The number of halogens is 1. The van der Waals surface area contributed by atoms with Crippen LogP contribution in [0, 0.1) is 0 Å². The Labute approximate surface area is 132 Å². The summed E-state index contributed by atoms with van der Waals surface area (Å²) in [6.07, 6.45) is 0.112. The second kappa shape index (κ2) is 6.24. The molecule has 1 N–H and O–H groups in total. The van der Waals surface area contributed by atoms with Crippen LogP contribution in [0.3, 0.4) is 0 Å². The molecule has 0 amide bonds. The van der Waals surface area contributed by atoms with Gasteiger partial charge in [-0.05, 0) is 16.7 Å². The van der Waals surface area contributed by atoms with Crippen molar-refractivity contribution in [3.8, 4) is 11.1 Å². The minimum Gasteiger partial charge on any atom is -0.386 e. The summed E-state index contributed by atoms with van der Waals surface area (Å²) in [7, 11) is -3.28. The third-order valence-electron chi connectivity index (χ3n) is 3.02. The monoisotopic (exact) mass is 402 g/mol. The Balaban J connectivity index is 2.25.